The zero-order valence-corrected chi connectivity index (χ0v) is 12.2. The first kappa shape index (κ1) is 8.81. The SMILES string of the molecule is [2H]c1c(CCN(C)C)c2cc(CS(=O)(=O)N([2H])C([2H])([2H])[2H])ccc2n1[2H]. The summed E-state index contributed by atoms with van der Waals surface area (Å²) in [6.45, 7) is -2.41. The molecular formula is C14H21N3O2S. The Bertz CT molecular complexity index is 908. The number of nitrogens with zero attached hydrogens (tertiary/aromatic N) is 1. The minimum Gasteiger partial charge on any atom is -0.361 e. The van der Waals surface area contributed by atoms with E-state index < -0.39 is 22.8 Å². The Hall–Kier alpha value is -1.37. The fourth-order valence-corrected chi connectivity index (χ4v) is 2.63. The summed E-state index contributed by atoms with van der Waals surface area (Å²) in [4.78, 5) is 2.92. The summed E-state index contributed by atoms with van der Waals surface area (Å²) in [5, 5.41) is 0.588. The Morgan fingerprint density at radius 3 is 3.05 bits per heavy atom. The van der Waals surface area contributed by atoms with Gasteiger partial charge in [0.05, 0.1) is 7.12 Å². The van der Waals surface area contributed by atoms with Crippen LogP contribution in [0, 0.1) is 0 Å². The topological polar surface area (TPSA) is 65.2 Å². The molecule has 110 valence electrons. The van der Waals surface area contributed by atoms with Gasteiger partial charge in [0.2, 0.25) is 10.0 Å². The molecule has 6 heteroatoms. The van der Waals surface area contributed by atoms with Crippen molar-refractivity contribution >= 4 is 20.9 Å². The summed E-state index contributed by atoms with van der Waals surface area (Å²) in [7, 11) is -0.577. The lowest BCUT2D eigenvalue weighted by molar-refractivity contribution is 0.414. The number of benzene rings is 1. The van der Waals surface area contributed by atoms with E-state index in [4.69, 9.17) is 8.31 Å². The number of rotatable bonds is 6. The van der Waals surface area contributed by atoms with Crippen LogP contribution in [0.5, 0.6) is 0 Å². The molecule has 1 heterocycles. The molecule has 0 fully saturated rings. The van der Waals surface area contributed by atoms with Gasteiger partial charge in [-0.05, 0) is 50.8 Å². The van der Waals surface area contributed by atoms with Crippen molar-refractivity contribution in [2.45, 2.75) is 12.2 Å². The second-order valence-electron chi connectivity index (χ2n) is 4.92. The highest BCUT2D eigenvalue weighted by molar-refractivity contribution is 7.88. The van der Waals surface area contributed by atoms with E-state index in [2.05, 4.69) is 0 Å². The predicted octanol–water partition coefficient (Wildman–Crippen LogP) is 1.32. The predicted molar refractivity (Wildman–Crippen MR) is 82.2 cm³/mol. The van der Waals surface area contributed by atoms with Gasteiger partial charge >= 0.3 is 0 Å². The van der Waals surface area contributed by atoms with Gasteiger partial charge in [-0.1, -0.05) is 6.07 Å². The van der Waals surface area contributed by atoms with Crippen LogP contribution in [0.25, 0.3) is 10.9 Å². The normalized spacial score (nSPS) is 17.6. The third-order valence-corrected chi connectivity index (χ3v) is 3.97. The molecule has 0 radical (unpaired) electrons. The zero-order valence-electron chi connectivity index (χ0n) is 17.4. The molecule has 2 N–H and O–H groups in total. The highest BCUT2D eigenvalue weighted by atomic mass is 32.2. The van der Waals surface area contributed by atoms with Crippen LogP contribution in [-0.4, -0.2) is 45.9 Å². The van der Waals surface area contributed by atoms with Gasteiger partial charge < -0.3 is 9.88 Å². The highest BCUT2D eigenvalue weighted by Gasteiger charge is 2.11. The number of likely N-dealkylation sites (N-methyl/N-ethyl adjacent to an activating group) is 1. The van der Waals surface area contributed by atoms with Crippen LogP contribution in [0.2, 0.25) is 2.82 Å². The summed E-state index contributed by atoms with van der Waals surface area (Å²) in [5.74, 6) is -0.644. The van der Waals surface area contributed by atoms with Gasteiger partial charge in [0.15, 0.2) is 1.41 Å². The minimum atomic E-state index is -4.35. The second-order valence-corrected chi connectivity index (χ2v) is 6.56. The number of H-pyrrole nitrogens is 1. The van der Waals surface area contributed by atoms with Crippen molar-refractivity contribution in [3.8, 4) is 0 Å². The van der Waals surface area contributed by atoms with Gasteiger partial charge in [-0.2, -0.15) is 0 Å². The molecule has 0 unspecified atom stereocenters. The molecule has 5 nitrogen and oxygen atoms in total. The van der Waals surface area contributed by atoms with Crippen LogP contribution in [0.15, 0.2) is 24.4 Å². The van der Waals surface area contributed by atoms with Crippen LogP contribution in [0.4, 0.5) is 0 Å². The van der Waals surface area contributed by atoms with E-state index in [-0.39, 0.29) is 10.9 Å². The summed E-state index contributed by atoms with van der Waals surface area (Å²) in [5.41, 5.74) is 1.40. The maximum absolute atomic E-state index is 12.1. The first-order chi connectivity index (χ1) is 11.8. The molecule has 1 aromatic carbocycles. The third kappa shape index (κ3) is 3.59. The van der Waals surface area contributed by atoms with Crippen molar-refractivity contribution in [1.29, 1.82) is 0 Å². The molecular weight excluding hydrogens is 274 g/mol. The van der Waals surface area contributed by atoms with Crippen molar-refractivity contribution < 1.29 is 16.7 Å². The molecule has 0 aliphatic rings. The Balaban J connectivity index is 2.43. The van der Waals surface area contributed by atoms with Gasteiger partial charge in [-0.15, -0.1) is 0 Å². The first-order valence-electron chi connectivity index (χ1n) is 9.03. The standard InChI is InChI=1S/C14H21N3O2S/c1-15-20(18,19)10-11-4-5-14-13(8-11)12(9-16-14)6-7-17(2)3/h4-5,8-9,15-16H,6-7,10H2,1-3H3/i1D3,9D/hD2. The van der Waals surface area contributed by atoms with Crippen LogP contribution < -0.4 is 4.72 Å². The van der Waals surface area contributed by atoms with E-state index in [1.54, 1.807) is 6.07 Å². The molecule has 0 aliphatic carbocycles. The van der Waals surface area contributed by atoms with Gasteiger partial charge in [0.25, 0.3) is 0 Å². The molecule has 0 atom stereocenters. The lowest BCUT2D eigenvalue weighted by Gasteiger charge is -2.08. The van der Waals surface area contributed by atoms with Gasteiger partial charge in [0.1, 0.15) is 1.41 Å². The number of aromatic nitrogens is 1. The van der Waals surface area contributed by atoms with E-state index in [9.17, 15) is 8.42 Å². The van der Waals surface area contributed by atoms with E-state index in [0.717, 1.165) is 4.98 Å². The smallest absolute Gasteiger partial charge is 0.215 e. The van der Waals surface area contributed by atoms with E-state index in [1.165, 1.54) is 12.1 Å². The first-order valence-corrected chi connectivity index (χ1v) is 7.74. The summed E-state index contributed by atoms with van der Waals surface area (Å²) >= 11 is 0. The maximum atomic E-state index is 12.1. The van der Waals surface area contributed by atoms with Crippen molar-refractivity contribution in [3.63, 3.8) is 0 Å². The second kappa shape index (κ2) is 5.95. The van der Waals surface area contributed by atoms with Crippen molar-refractivity contribution in [1.82, 2.24) is 14.6 Å². The fraction of sp³-hybridized carbons (Fsp3) is 0.429. The molecule has 0 amide bonds. The minimum absolute atomic E-state index is 0.0338. The highest BCUT2D eigenvalue weighted by Crippen LogP contribution is 2.21. The molecule has 0 aliphatic heterocycles. The Morgan fingerprint density at radius 2 is 2.35 bits per heavy atom. The Kier molecular flexibility index (Phi) is 2.62. The fourth-order valence-electron chi connectivity index (χ4n) is 1.97. The van der Waals surface area contributed by atoms with Crippen molar-refractivity contribution in [2.75, 3.05) is 27.6 Å². The molecule has 0 bridgehead atoms. The van der Waals surface area contributed by atoms with E-state index in [1.807, 2.05) is 19.0 Å². The van der Waals surface area contributed by atoms with Crippen LogP contribution in [0.3, 0.4) is 0 Å². The van der Waals surface area contributed by atoms with E-state index in [0.29, 0.717) is 35.0 Å². The zero-order chi connectivity index (χ0) is 19.9. The summed E-state index contributed by atoms with van der Waals surface area (Å²) in [6, 6.07) is 4.55. The largest absolute Gasteiger partial charge is 0.361 e. The molecule has 2 aromatic rings. The van der Waals surface area contributed by atoms with Crippen LogP contribution >= 0.6 is 0 Å². The van der Waals surface area contributed by atoms with Crippen LogP contribution in [0.1, 0.15) is 16.6 Å². The number of hydrogen-bond donors (Lipinski definition) is 2. The van der Waals surface area contributed by atoms with Gasteiger partial charge in [-0.3, -0.25) is 0 Å². The molecule has 0 spiro atoms. The number of aromatic amines is 1. The third-order valence-electron chi connectivity index (χ3n) is 2.99. The monoisotopic (exact) mass is 301 g/mol. The van der Waals surface area contributed by atoms with Gasteiger partial charge in [-0.25, -0.2) is 13.1 Å². The molecule has 20 heavy (non-hydrogen) atoms. The van der Waals surface area contributed by atoms with Crippen molar-refractivity contribution in [3.05, 3.63) is 35.5 Å². The molecule has 0 saturated heterocycles. The number of nitrogens with one attached hydrogen (secondary N) is 2. The average molecular weight is 301 g/mol. The Morgan fingerprint density at radius 1 is 1.55 bits per heavy atom. The number of hydrogen-bond acceptors (Lipinski definition) is 3. The number of sulfonamides is 1. The quantitative estimate of drug-likeness (QED) is 0.846. The molecule has 0 saturated carbocycles. The lowest BCUT2D eigenvalue weighted by Crippen LogP contribution is -2.20. The Labute approximate surface area is 128 Å². The maximum Gasteiger partial charge on any atom is 0.215 e. The molecule has 1 aromatic heterocycles. The average Bonchev–Trinajstić information content (AvgIpc) is 2.74. The molecule has 2 rings (SSSR count). The lowest BCUT2D eigenvalue weighted by atomic mass is 10.1. The van der Waals surface area contributed by atoms with Crippen molar-refractivity contribution in [2.24, 2.45) is 0 Å². The van der Waals surface area contributed by atoms with Crippen LogP contribution in [-0.2, 0) is 22.2 Å². The number of fused-ring (bicyclic) bond motifs is 1. The van der Waals surface area contributed by atoms with E-state index >= 15 is 0 Å². The van der Waals surface area contributed by atoms with Gasteiger partial charge in [0, 0.05) is 27.7 Å². The summed E-state index contributed by atoms with van der Waals surface area (Å²) in [6.07, 6.45) is 0.552. The summed E-state index contributed by atoms with van der Waals surface area (Å²) < 4.78 is 68.6.